The van der Waals surface area contributed by atoms with Gasteiger partial charge in [-0.05, 0) is 29.8 Å². The van der Waals surface area contributed by atoms with Gasteiger partial charge < -0.3 is 9.52 Å². The molecule has 13 heteroatoms. The average molecular weight is 462 g/mol. The summed E-state index contributed by atoms with van der Waals surface area (Å²) in [5, 5.41) is 16.7. The molecule has 5 aromatic heterocycles. The van der Waals surface area contributed by atoms with Crippen molar-refractivity contribution in [3.8, 4) is 22.7 Å². The standard InChI is InChI=1S/C20H11F5N6O2/c21-19(22,20(23,24)25)15-5-13(10-1-2-11(8-32)26-6-10)12-3-4-16-28-14(18-30-27-9-33-18)7-31(16)17(12)29-15/h1-7,9,32H,8H2. The van der Waals surface area contributed by atoms with Gasteiger partial charge in [0, 0.05) is 23.3 Å². The molecule has 33 heavy (non-hydrogen) atoms. The van der Waals surface area contributed by atoms with E-state index in [1.54, 1.807) is 6.07 Å². The van der Waals surface area contributed by atoms with Crippen LogP contribution in [-0.2, 0) is 12.5 Å². The maximum Gasteiger partial charge on any atom is 0.459 e. The van der Waals surface area contributed by atoms with Gasteiger partial charge in [-0.2, -0.15) is 22.0 Å². The Morgan fingerprint density at radius 2 is 1.85 bits per heavy atom. The lowest BCUT2D eigenvalue weighted by molar-refractivity contribution is -0.290. The minimum Gasteiger partial charge on any atom is -0.422 e. The number of halogens is 5. The molecule has 0 bridgehead atoms. The summed E-state index contributed by atoms with van der Waals surface area (Å²) in [6.07, 6.45) is -2.16. The first kappa shape index (κ1) is 20.9. The van der Waals surface area contributed by atoms with Gasteiger partial charge in [-0.3, -0.25) is 9.38 Å². The van der Waals surface area contributed by atoms with Crippen LogP contribution >= 0.6 is 0 Å². The smallest absolute Gasteiger partial charge is 0.422 e. The number of hydrogen-bond donors (Lipinski definition) is 1. The van der Waals surface area contributed by atoms with Crippen molar-refractivity contribution >= 4 is 16.7 Å². The number of rotatable bonds is 4. The van der Waals surface area contributed by atoms with Gasteiger partial charge in [0.15, 0.2) is 0 Å². The number of aliphatic hydroxyl groups excluding tert-OH is 1. The molecule has 5 heterocycles. The maximum absolute atomic E-state index is 14.3. The summed E-state index contributed by atoms with van der Waals surface area (Å²) >= 11 is 0. The van der Waals surface area contributed by atoms with Crippen LogP contribution in [0.1, 0.15) is 11.4 Å². The highest BCUT2D eigenvalue weighted by Gasteiger charge is 2.60. The van der Waals surface area contributed by atoms with Crippen LogP contribution in [0.5, 0.6) is 0 Å². The van der Waals surface area contributed by atoms with Crippen LogP contribution in [0.15, 0.2) is 53.5 Å². The molecule has 0 radical (unpaired) electrons. The number of nitrogens with zero attached hydrogens (tertiary/aromatic N) is 6. The molecule has 0 aromatic carbocycles. The summed E-state index contributed by atoms with van der Waals surface area (Å²) in [7, 11) is 0. The van der Waals surface area contributed by atoms with E-state index in [-0.39, 0.29) is 46.0 Å². The van der Waals surface area contributed by atoms with Crippen LogP contribution in [0.25, 0.3) is 39.4 Å². The summed E-state index contributed by atoms with van der Waals surface area (Å²) in [4.78, 5) is 11.9. The molecule has 5 rings (SSSR count). The molecule has 8 nitrogen and oxygen atoms in total. The number of pyridine rings is 3. The topological polar surface area (TPSA) is 102 Å². The predicted molar refractivity (Wildman–Crippen MR) is 103 cm³/mol. The van der Waals surface area contributed by atoms with E-state index in [1.165, 1.54) is 35.0 Å². The molecule has 0 aliphatic rings. The zero-order chi connectivity index (χ0) is 23.4. The second kappa shape index (κ2) is 7.27. The highest BCUT2D eigenvalue weighted by Crippen LogP contribution is 2.45. The molecule has 0 saturated carbocycles. The summed E-state index contributed by atoms with van der Waals surface area (Å²) in [5.41, 5.74) is -0.654. The Morgan fingerprint density at radius 1 is 1.03 bits per heavy atom. The second-order valence-corrected chi connectivity index (χ2v) is 6.99. The summed E-state index contributed by atoms with van der Waals surface area (Å²) in [5.74, 6) is -5.18. The first-order valence-electron chi connectivity index (χ1n) is 9.29. The van der Waals surface area contributed by atoms with E-state index in [2.05, 4.69) is 25.1 Å². The van der Waals surface area contributed by atoms with E-state index in [1.807, 2.05) is 0 Å². The summed E-state index contributed by atoms with van der Waals surface area (Å²) in [6, 6.07) is 6.64. The lowest BCUT2D eigenvalue weighted by Gasteiger charge is -2.20. The molecular formula is C20H11F5N6O2. The van der Waals surface area contributed by atoms with Crippen LogP contribution in [0.4, 0.5) is 22.0 Å². The SMILES string of the molecule is OCc1ccc(-c2cc(C(F)(F)C(F)(F)F)nc3c2ccc2nc(-c4nnco4)cn23)cn1. The minimum absolute atomic E-state index is 0.0349. The van der Waals surface area contributed by atoms with Gasteiger partial charge in [0.05, 0.1) is 12.3 Å². The zero-order valence-electron chi connectivity index (χ0n) is 16.3. The first-order valence-corrected chi connectivity index (χ1v) is 9.29. The van der Waals surface area contributed by atoms with Crippen molar-refractivity contribution in [2.24, 2.45) is 0 Å². The van der Waals surface area contributed by atoms with E-state index < -0.39 is 17.8 Å². The third-order valence-corrected chi connectivity index (χ3v) is 4.95. The Bertz CT molecular complexity index is 1460. The van der Waals surface area contributed by atoms with Crippen molar-refractivity contribution in [2.75, 3.05) is 0 Å². The van der Waals surface area contributed by atoms with Crippen molar-refractivity contribution in [2.45, 2.75) is 18.7 Å². The lowest BCUT2D eigenvalue weighted by Crippen LogP contribution is -2.34. The van der Waals surface area contributed by atoms with Crippen molar-refractivity contribution in [3.63, 3.8) is 0 Å². The van der Waals surface area contributed by atoms with Gasteiger partial charge in [0.1, 0.15) is 22.7 Å². The molecule has 1 N–H and O–H groups in total. The lowest BCUT2D eigenvalue weighted by atomic mass is 10.0. The van der Waals surface area contributed by atoms with Crippen molar-refractivity contribution in [1.29, 1.82) is 0 Å². The first-order chi connectivity index (χ1) is 15.7. The molecule has 0 aliphatic carbocycles. The Labute approximate surface area is 180 Å². The number of alkyl halides is 5. The molecule has 168 valence electrons. The van der Waals surface area contributed by atoms with Crippen LogP contribution in [0, 0.1) is 0 Å². The molecule has 0 spiro atoms. The molecule has 5 aromatic rings. The molecular weight excluding hydrogens is 451 g/mol. The molecule has 0 atom stereocenters. The number of imidazole rings is 1. The highest BCUT2D eigenvalue weighted by molar-refractivity contribution is 5.94. The summed E-state index contributed by atoms with van der Waals surface area (Å²) in [6.45, 7) is -0.358. The van der Waals surface area contributed by atoms with E-state index in [4.69, 9.17) is 4.42 Å². The van der Waals surface area contributed by atoms with Crippen molar-refractivity contribution in [3.05, 3.63) is 60.5 Å². The van der Waals surface area contributed by atoms with E-state index in [0.29, 0.717) is 11.8 Å². The molecule has 0 aliphatic heterocycles. The van der Waals surface area contributed by atoms with Gasteiger partial charge in [-0.25, -0.2) is 9.97 Å². The van der Waals surface area contributed by atoms with Gasteiger partial charge in [0.2, 0.25) is 6.39 Å². The Hall–Kier alpha value is -4.00. The van der Waals surface area contributed by atoms with E-state index in [9.17, 15) is 27.1 Å². The highest BCUT2D eigenvalue weighted by atomic mass is 19.4. The monoisotopic (exact) mass is 462 g/mol. The predicted octanol–water partition coefficient (Wildman–Crippen LogP) is 4.14. The van der Waals surface area contributed by atoms with E-state index in [0.717, 1.165) is 6.39 Å². The quantitative estimate of drug-likeness (QED) is 0.401. The third kappa shape index (κ3) is 3.36. The fourth-order valence-corrected chi connectivity index (χ4v) is 3.34. The van der Waals surface area contributed by atoms with E-state index >= 15 is 0 Å². The Kier molecular flexibility index (Phi) is 4.60. The minimum atomic E-state index is -5.86. The Morgan fingerprint density at radius 3 is 2.48 bits per heavy atom. The van der Waals surface area contributed by atoms with Gasteiger partial charge >= 0.3 is 12.1 Å². The average Bonchev–Trinajstić information content (AvgIpc) is 3.47. The Balaban J connectivity index is 1.83. The summed E-state index contributed by atoms with van der Waals surface area (Å²) < 4.78 is 74.6. The molecule has 0 amide bonds. The van der Waals surface area contributed by atoms with Crippen LogP contribution in [-0.4, -0.2) is 40.8 Å². The largest absolute Gasteiger partial charge is 0.459 e. The maximum atomic E-state index is 14.3. The number of fused-ring (bicyclic) bond motifs is 3. The van der Waals surface area contributed by atoms with Crippen LogP contribution in [0.3, 0.4) is 0 Å². The molecule has 0 unspecified atom stereocenters. The zero-order valence-corrected chi connectivity index (χ0v) is 16.3. The van der Waals surface area contributed by atoms with Crippen molar-refractivity contribution in [1.82, 2.24) is 29.5 Å². The van der Waals surface area contributed by atoms with Gasteiger partial charge in [-0.1, -0.05) is 6.07 Å². The van der Waals surface area contributed by atoms with Crippen LogP contribution < -0.4 is 0 Å². The second-order valence-electron chi connectivity index (χ2n) is 6.99. The molecule has 0 fully saturated rings. The fourth-order valence-electron chi connectivity index (χ4n) is 3.34. The third-order valence-electron chi connectivity index (χ3n) is 4.95. The van der Waals surface area contributed by atoms with Crippen LogP contribution in [0.2, 0.25) is 0 Å². The van der Waals surface area contributed by atoms with Crippen molar-refractivity contribution < 1.29 is 31.5 Å². The number of aliphatic hydroxyl groups is 1. The van der Waals surface area contributed by atoms with Gasteiger partial charge in [-0.15, -0.1) is 10.2 Å². The number of hydrogen-bond acceptors (Lipinski definition) is 7. The number of aromatic nitrogens is 6. The van der Waals surface area contributed by atoms with Gasteiger partial charge in [0.25, 0.3) is 5.89 Å². The fraction of sp³-hybridized carbons (Fsp3) is 0.150. The molecule has 0 saturated heterocycles. The normalized spacial score (nSPS) is 12.7.